The molecule has 0 aromatic heterocycles. The Morgan fingerprint density at radius 2 is 2.03 bits per heavy atom. The van der Waals surface area contributed by atoms with Gasteiger partial charge >= 0.3 is 0 Å². The maximum Gasteiger partial charge on any atom is 0.247 e. The number of sulfonamides is 1. The molecule has 1 amide bonds. The van der Waals surface area contributed by atoms with Gasteiger partial charge in [0.2, 0.25) is 15.9 Å². The molecule has 0 saturated carbocycles. The normalized spacial score (nSPS) is 21.7. The smallest absolute Gasteiger partial charge is 0.247 e. The van der Waals surface area contributed by atoms with E-state index < -0.39 is 22.2 Å². The van der Waals surface area contributed by atoms with E-state index in [1.165, 1.54) is 10.4 Å². The summed E-state index contributed by atoms with van der Waals surface area (Å²) in [5, 5.41) is 9.69. The van der Waals surface area contributed by atoms with Gasteiger partial charge in [0.05, 0.1) is 13.2 Å². The molecule has 0 unspecified atom stereocenters. The quantitative estimate of drug-likeness (QED) is 0.696. The zero-order valence-electron chi connectivity index (χ0n) is 19.3. The van der Waals surface area contributed by atoms with Crippen LogP contribution in [0.15, 0.2) is 23.1 Å². The van der Waals surface area contributed by atoms with Gasteiger partial charge in [0.15, 0.2) is 0 Å². The number of hydrogen-bond acceptors (Lipinski definition) is 5. The van der Waals surface area contributed by atoms with Gasteiger partial charge in [-0.15, -0.1) is 0 Å². The third-order valence-corrected chi connectivity index (χ3v) is 7.37. The highest BCUT2D eigenvalue weighted by molar-refractivity contribution is 7.89. The Labute approximate surface area is 186 Å². The van der Waals surface area contributed by atoms with Crippen LogP contribution >= 0.6 is 0 Å². The Kier molecular flexibility index (Phi) is 8.52. The Morgan fingerprint density at radius 1 is 1.35 bits per heavy atom. The number of likely N-dealkylation sites (N-methyl/N-ethyl adjacent to an activating group) is 1. The van der Waals surface area contributed by atoms with Gasteiger partial charge in [0.1, 0.15) is 16.7 Å². The topological polar surface area (TPSA) is 87.2 Å². The summed E-state index contributed by atoms with van der Waals surface area (Å²) in [5.74, 6) is 6.30. The van der Waals surface area contributed by atoms with Crippen molar-refractivity contribution >= 4 is 15.9 Å². The number of fused-ring (bicyclic) bond motifs is 1. The molecule has 2 rings (SSSR count). The lowest BCUT2D eigenvalue weighted by atomic mass is 10.0. The predicted molar refractivity (Wildman–Crippen MR) is 120 cm³/mol. The summed E-state index contributed by atoms with van der Waals surface area (Å²) in [6.07, 6.45) is -0.0398. The molecule has 0 bridgehead atoms. The molecule has 1 N–H and O–H groups in total. The van der Waals surface area contributed by atoms with Crippen LogP contribution in [0.3, 0.4) is 0 Å². The van der Waals surface area contributed by atoms with Gasteiger partial charge in [-0.05, 0) is 25.1 Å². The SMILES string of the molecule is CCC(=O)N(C)C[C@H]1Oc2cc(C#CC(C)C)ccc2S(=O)(=O)N([C@@H](C)CO)C[C@@H]1C. The summed E-state index contributed by atoms with van der Waals surface area (Å²) in [5.41, 5.74) is 0.661. The lowest BCUT2D eigenvalue weighted by Crippen LogP contribution is -2.50. The highest BCUT2D eigenvalue weighted by Crippen LogP contribution is 2.34. The molecule has 0 radical (unpaired) electrons. The first-order chi connectivity index (χ1) is 14.5. The second-order valence-electron chi connectivity index (χ2n) is 8.45. The summed E-state index contributed by atoms with van der Waals surface area (Å²) in [6, 6.07) is 4.25. The molecule has 1 aromatic rings. The van der Waals surface area contributed by atoms with E-state index in [0.717, 1.165) is 0 Å². The van der Waals surface area contributed by atoms with Gasteiger partial charge in [0.25, 0.3) is 0 Å². The fraction of sp³-hybridized carbons (Fsp3) is 0.609. The number of rotatable bonds is 5. The first-order valence-electron chi connectivity index (χ1n) is 10.7. The third kappa shape index (κ3) is 6.00. The van der Waals surface area contributed by atoms with E-state index in [1.807, 2.05) is 20.8 Å². The summed E-state index contributed by atoms with van der Waals surface area (Å²) in [4.78, 5) is 13.8. The molecule has 1 aromatic carbocycles. The number of amides is 1. The van der Waals surface area contributed by atoms with Crippen molar-refractivity contribution < 1.29 is 23.1 Å². The molecular formula is C23H34N2O5S. The van der Waals surface area contributed by atoms with Gasteiger partial charge in [-0.25, -0.2) is 8.42 Å². The highest BCUT2D eigenvalue weighted by atomic mass is 32.2. The molecular weight excluding hydrogens is 416 g/mol. The van der Waals surface area contributed by atoms with Crippen LogP contribution in [-0.4, -0.2) is 67.5 Å². The summed E-state index contributed by atoms with van der Waals surface area (Å²) in [6.45, 7) is 9.55. The monoisotopic (exact) mass is 450 g/mol. The number of aliphatic hydroxyl groups excluding tert-OH is 1. The van der Waals surface area contributed by atoms with Gasteiger partial charge in [-0.3, -0.25) is 4.79 Å². The number of aliphatic hydroxyl groups is 1. The maximum absolute atomic E-state index is 13.4. The molecule has 1 heterocycles. The minimum Gasteiger partial charge on any atom is -0.487 e. The number of ether oxygens (including phenoxy) is 1. The molecule has 8 heteroatoms. The van der Waals surface area contributed by atoms with Crippen molar-refractivity contribution in [1.29, 1.82) is 0 Å². The molecule has 0 aliphatic carbocycles. The van der Waals surface area contributed by atoms with Crippen molar-refractivity contribution in [3.05, 3.63) is 23.8 Å². The predicted octanol–water partition coefficient (Wildman–Crippen LogP) is 2.33. The highest BCUT2D eigenvalue weighted by Gasteiger charge is 2.38. The van der Waals surface area contributed by atoms with Crippen LogP contribution in [0.1, 0.15) is 46.6 Å². The zero-order valence-corrected chi connectivity index (χ0v) is 20.1. The van der Waals surface area contributed by atoms with E-state index in [0.29, 0.717) is 18.5 Å². The standard InChI is InChI=1S/C23H34N2O5S/c1-7-23(27)24(6)14-21-17(4)13-25(18(5)15-26)31(28,29)22-11-10-19(9-8-16(2)3)12-20(22)30-21/h10-12,16-18,21,26H,7,13-15H2,1-6H3/t17-,18-,21+/m0/s1. The minimum absolute atomic E-state index is 0.0113. The van der Waals surface area contributed by atoms with E-state index in [2.05, 4.69) is 11.8 Å². The van der Waals surface area contributed by atoms with E-state index in [1.54, 1.807) is 37.9 Å². The average molecular weight is 451 g/mol. The summed E-state index contributed by atoms with van der Waals surface area (Å²) >= 11 is 0. The Hall–Kier alpha value is -2.08. The molecule has 31 heavy (non-hydrogen) atoms. The van der Waals surface area contributed by atoms with Crippen molar-refractivity contribution in [3.8, 4) is 17.6 Å². The van der Waals surface area contributed by atoms with Gasteiger partial charge < -0.3 is 14.7 Å². The van der Waals surface area contributed by atoms with Crippen molar-refractivity contribution in [2.24, 2.45) is 11.8 Å². The molecule has 3 atom stereocenters. The number of nitrogens with zero attached hydrogens (tertiary/aromatic N) is 2. The van der Waals surface area contributed by atoms with Crippen molar-refractivity contribution in [3.63, 3.8) is 0 Å². The number of benzene rings is 1. The number of carbonyl (C=O) groups is 1. The molecule has 0 spiro atoms. The average Bonchev–Trinajstić information content (AvgIpc) is 2.73. The molecule has 172 valence electrons. The van der Waals surface area contributed by atoms with Crippen LogP contribution in [0.4, 0.5) is 0 Å². The maximum atomic E-state index is 13.4. The number of carbonyl (C=O) groups excluding carboxylic acids is 1. The minimum atomic E-state index is -3.89. The van der Waals surface area contributed by atoms with Crippen molar-refractivity contribution in [2.45, 2.75) is 58.1 Å². The van der Waals surface area contributed by atoms with Crippen LogP contribution in [0.5, 0.6) is 5.75 Å². The van der Waals surface area contributed by atoms with E-state index in [4.69, 9.17) is 4.74 Å². The largest absolute Gasteiger partial charge is 0.487 e. The lowest BCUT2D eigenvalue weighted by Gasteiger charge is -2.37. The van der Waals surface area contributed by atoms with Crippen LogP contribution in [0.2, 0.25) is 0 Å². The van der Waals surface area contributed by atoms with Crippen LogP contribution in [0.25, 0.3) is 0 Å². The number of hydrogen-bond donors (Lipinski definition) is 1. The fourth-order valence-corrected chi connectivity index (χ4v) is 5.22. The Bertz CT molecular complexity index is 948. The molecule has 0 saturated heterocycles. The molecule has 7 nitrogen and oxygen atoms in total. The first kappa shape index (κ1) is 25.2. The molecule has 1 aliphatic rings. The van der Waals surface area contributed by atoms with Gasteiger partial charge in [-0.1, -0.05) is 39.5 Å². The van der Waals surface area contributed by atoms with E-state index in [9.17, 15) is 18.3 Å². The van der Waals surface area contributed by atoms with E-state index in [-0.39, 0.29) is 41.5 Å². The molecule has 1 aliphatic heterocycles. The van der Waals surface area contributed by atoms with Gasteiger partial charge in [0, 0.05) is 43.5 Å². The Morgan fingerprint density at radius 3 is 2.61 bits per heavy atom. The fourth-order valence-electron chi connectivity index (χ4n) is 3.39. The van der Waals surface area contributed by atoms with Crippen molar-refractivity contribution in [2.75, 3.05) is 26.7 Å². The molecule has 0 fully saturated rings. The van der Waals surface area contributed by atoms with Crippen LogP contribution in [0, 0.1) is 23.7 Å². The Balaban J connectivity index is 2.58. The van der Waals surface area contributed by atoms with Crippen molar-refractivity contribution in [1.82, 2.24) is 9.21 Å². The third-order valence-electron chi connectivity index (χ3n) is 5.35. The second kappa shape index (κ2) is 10.5. The van der Waals surface area contributed by atoms with Crippen LogP contribution < -0.4 is 4.74 Å². The zero-order chi connectivity index (χ0) is 23.3. The lowest BCUT2D eigenvalue weighted by molar-refractivity contribution is -0.131. The van der Waals surface area contributed by atoms with Crippen LogP contribution in [-0.2, 0) is 14.8 Å². The summed E-state index contributed by atoms with van der Waals surface area (Å²) in [7, 11) is -2.17. The van der Waals surface area contributed by atoms with E-state index >= 15 is 0 Å². The first-order valence-corrected chi connectivity index (χ1v) is 12.1. The summed E-state index contributed by atoms with van der Waals surface area (Å²) < 4.78 is 34.4. The second-order valence-corrected chi connectivity index (χ2v) is 10.3. The van der Waals surface area contributed by atoms with Gasteiger partial charge in [-0.2, -0.15) is 4.31 Å².